The molecule has 1 aliphatic rings. The number of fused-ring (bicyclic) bond motifs is 1. The Labute approximate surface area is 165 Å². The summed E-state index contributed by atoms with van der Waals surface area (Å²) in [5.41, 5.74) is 1.24. The lowest BCUT2D eigenvalue weighted by Crippen LogP contribution is -2.33. The van der Waals surface area contributed by atoms with Crippen LogP contribution in [0, 0.1) is 0 Å². The van der Waals surface area contributed by atoms with Crippen molar-refractivity contribution >= 4 is 0 Å². The van der Waals surface area contributed by atoms with E-state index in [-0.39, 0.29) is 29.1 Å². The number of benzene rings is 2. The fourth-order valence-electron chi connectivity index (χ4n) is 3.53. The fraction of sp³-hybridized carbons (Fsp3) is 0.455. The van der Waals surface area contributed by atoms with Gasteiger partial charge in [0.15, 0.2) is 17.6 Å². The van der Waals surface area contributed by atoms with Crippen LogP contribution in [0.4, 0.5) is 0 Å². The van der Waals surface area contributed by atoms with Gasteiger partial charge in [0.1, 0.15) is 23.4 Å². The van der Waals surface area contributed by atoms with Crippen LogP contribution in [0.2, 0.25) is 0 Å². The summed E-state index contributed by atoms with van der Waals surface area (Å²) in [6.45, 7) is 2.75. The van der Waals surface area contributed by atoms with Crippen LogP contribution in [-0.4, -0.2) is 33.1 Å². The molecule has 2 aromatic rings. The van der Waals surface area contributed by atoms with Crippen LogP contribution < -0.4 is 4.74 Å². The minimum atomic E-state index is -0.532. The van der Waals surface area contributed by atoms with Crippen LogP contribution in [-0.2, 0) is 11.2 Å². The maximum absolute atomic E-state index is 10.2. The molecule has 6 nitrogen and oxygen atoms in total. The van der Waals surface area contributed by atoms with Crippen LogP contribution in [0.5, 0.6) is 28.7 Å². The van der Waals surface area contributed by atoms with Crippen molar-refractivity contribution in [1.29, 1.82) is 0 Å². The average molecular weight is 388 g/mol. The summed E-state index contributed by atoms with van der Waals surface area (Å²) in [4.78, 5) is 0. The highest BCUT2D eigenvalue weighted by molar-refractivity contribution is 5.52. The van der Waals surface area contributed by atoms with Gasteiger partial charge in [-0.2, -0.15) is 0 Å². The van der Waals surface area contributed by atoms with E-state index in [0.29, 0.717) is 29.9 Å². The lowest BCUT2D eigenvalue weighted by Gasteiger charge is -2.34. The molecule has 1 aliphatic heterocycles. The second kappa shape index (κ2) is 9.06. The second-order valence-corrected chi connectivity index (χ2v) is 7.26. The minimum Gasteiger partial charge on any atom is -0.508 e. The van der Waals surface area contributed by atoms with Crippen molar-refractivity contribution in [3.05, 3.63) is 41.5 Å². The number of phenols is 4. The lowest BCUT2D eigenvalue weighted by atomic mass is 9.93. The van der Waals surface area contributed by atoms with Gasteiger partial charge in [0.05, 0.1) is 0 Å². The SMILES string of the molecule is CCCCCCCO[C@H]1Cc2c(O)cc(O)cc2O[C@@H]1c1ccc(O)c(O)c1. The first-order valence-corrected chi connectivity index (χ1v) is 9.84. The molecular weight excluding hydrogens is 360 g/mol. The quantitative estimate of drug-likeness (QED) is 0.391. The number of phenolic OH excluding ortho intramolecular Hbond substituents is 4. The molecule has 2 atom stereocenters. The largest absolute Gasteiger partial charge is 0.508 e. The molecule has 0 fully saturated rings. The summed E-state index contributed by atoms with van der Waals surface area (Å²) in [6, 6.07) is 7.28. The number of ether oxygens (including phenoxy) is 2. The van der Waals surface area contributed by atoms with Gasteiger partial charge in [0.2, 0.25) is 0 Å². The predicted molar refractivity (Wildman–Crippen MR) is 105 cm³/mol. The van der Waals surface area contributed by atoms with E-state index in [1.807, 2.05) is 0 Å². The van der Waals surface area contributed by atoms with Crippen LogP contribution in [0.15, 0.2) is 30.3 Å². The molecule has 0 aliphatic carbocycles. The topological polar surface area (TPSA) is 99.4 Å². The third kappa shape index (κ3) is 4.62. The third-order valence-corrected chi connectivity index (χ3v) is 5.07. The molecule has 0 spiro atoms. The van der Waals surface area contributed by atoms with Crippen LogP contribution in [0.25, 0.3) is 0 Å². The highest BCUT2D eigenvalue weighted by atomic mass is 16.5. The Morgan fingerprint density at radius 2 is 1.71 bits per heavy atom. The number of rotatable bonds is 8. The van der Waals surface area contributed by atoms with Crippen LogP contribution in [0.3, 0.4) is 0 Å². The first-order valence-electron chi connectivity index (χ1n) is 9.84. The smallest absolute Gasteiger partial charge is 0.157 e. The van der Waals surface area contributed by atoms with E-state index in [9.17, 15) is 20.4 Å². The molecule has 3 rings (SSSR count). The maximum Gasteiger partial charge on any atom is 0.157 e. The van der Waals surface area contributed by atoms with Crippen molar-refractivity contribution in [2.45, 2.75) is 57.7 Å². The normalized spacial score (nSPS) is 18.5. The number of hydrogen-bond acceptors (Lipinski definition) is 6. The predicted octanol–water partition coefficient (Wildman–Crippen LogP) is 4.54. The highest BCUT2D eigenvalue weighted by Gasteiger charge is 2.34. The molecule has 0 aromatic heterocycles. The highest BCUT2D eigenvalue weighted by Crippen LogP contribution is 2.43. The lowest BCUT2D eigenvalue weighted by molar-refractivity contribution is -0.0393. The van der Waals surface area contributed by atoms with Gasteiger partial charge in [-0.3, -0.25) is 0 Å². The van der Waals surface area contributed by atoms with Crippen molar-refractivity contribution in [2.75, 3.05) is 6.61 Å². The summed E-state index contributed by atoms with van der Waals surface area (Å²) in [6.07, 6.45) is 5.15. The molecule has 0 saturated heterocycles. The van der Waals surface area contributed by atoms with Gasteiger partial charge >= 0.3 is 0 Å². The zero-order valence-corrected chi connectivity index (χ0v) is 16.1. The summed E-state index contributed by atoms with van der Waals surface area (Å²) in [7, 11) is 0. The second-order valence-electron chi connectivity index (χ2n) is 7.26. The average Bonchev–Trinajstić information content (AvgIpc) is 2.66. The zero-order chi connectivity index (χ0) is 20.1. The standard InChI is InChI=1S/C22H28O6/c1-2-3-4-5-6-9-27-21-13-16-18(25)11-15(23)12-20(16)28-22(21)14-7-8-17(24)19(26)10-14/h7-8,10-12,21-26H,2-6,9,13H2,1H3/t21-,22+/m0/s1. The van der Waals surface area contributed by atoms with Crippen LogP contribution >= 0.6 is 0 Å². The zero-order valence-electron chi connectivity index (χ0n) is 16.1. The third-order valence-electron chi connectivity index (χ3n) is 5.07. The number of unbranched alkanes of at least 4 members (excludes halogenated alkanes) is 4. The van der Waals surface area contributed by atoms with Gasteiger partial charge < -0.3 is 29.9 Å². The van der Waals surface area contributed by atoms with Gasteiger partial charge in [0.25, 0.3) is 0 Å². The van der Waals surface area contributed by atoms with E-state index >= 15 is 0 Å². The first kappa shape index (κ1) is 20.1. The number of hydrogen-bond donors (Lipinski definition) is 4. The Bertz CT molecular complexity index is 804. The molecule has 1 heterocycles. The summed E-state index contributed by atoms with van der Waals surface area (Å²) < 4.78 is 12.1. The van der Waals surface area contributed by atoms with E-state index < -0.39 is 6.10 Å². The molecule has 6 heteroatoms. The van der Waals surface area contributed by atoms with E-state index in [0.717, 1.165) is 12.8 Å². The number of aromatic hydroxyl groups is 4. The Morgan fingerprint density at radius 1 is 0.929 bits per heavy atom. The van der Waals surface area contributed by atoms with E-state index in [1.54, 1.807) is 6.07 Å². The van der Waals surface area contributed by atoms with Gasteiger partial charge in [0, 0.05) is 30.7 Å². The first-order chi connectivity index (χ1) is 13.5. The van der Waals surface area contributed by atoms with Gasteiger partial charge in [-0.1, -0.05) is 38.7 Å². The van der Waals surface area contributed by atoms with Crippen molar-refractivity contribution in [2.24, 2.45) is 0 Å². The molecule has 0 amide bonds. The monoisotopic (exact) mass is 388 g/mol. The van der Waals surface area contributed by atoms with Crippen molar-refractivity contribution in [3.63, 3.8) is 0 Å². The molecule has 2 aromatic carbocycles. The molecule has 4 N–H and O–H groups in total. The van der Waals surface area contributed by atoms with Crippen molar-refractivity contribution in [3.8, 4) is 28.7 Å². The molecule has 28 heavy (non-hydrogen) atoms. The molecular formula is C22H28O6. The molecule has 152 valence electrons. The summed E-state index contributed by atoms with van der Waals surface area (Å²) in [5.74, 6) is -0.164. The van der Waals surface area contributed by atoms with E-state index in [4.69, 9.17) is 9.47 Å². The maximum atomic E-state index is 10.2. The molecule has 0 bridgehead atoms. The van der Waals surface area contributed by atoms with Gasteiger partial charge in [-0.15, -0.1) is 0 Å². The Hall–Kier alpha value is -2.60. The van der Waals surface area contributed by atoms with Crippen molar-refractivity contribution < 1.29 is 29.9 Å². The van der Waals surface area contributed by atoms with Gasteiger partial charge in [-0.25, -0.2) is 0 Å². The Kier molecular flexibility index (Phi) is 6.52. The molecule has 0 radical (unpaired) electrons. The summed E-state index contributed by atoms with van der Waals surface area (Å²) >= 11 is 0. The molecule has 0 unspecified atom stereocenters. The Morgan fingerprint density at radius 3 is 2.46 bits per heavy atom. The van der Waals surface area contributed by atoms with E-state index in [1.165, 1.54) is 43.5 Å². The van der Waals surface area contributed by atoms with Crippen LogP contribution in [0.1, 0.15) is 56.3 Å². The summed E-state index contributed by atoms with van der Waals surface area (Å²) in [5, 5.41) is 39.4. The van der Waals surface area contributed by atoms with E-state index in [2.05, 4.69) is 6.92 Å². The fourth-order valence-corrected chi connectivity index (χ4v) is 3.53. The van der Waals surface area contributed by atoms with Crippen molar-refractivity contribution in [1.82, 2.24) is 0 Å². The van der Waals surface area contributed by atoms with Gasteiger partial charge in [-0.05, 0) is 24.1 Å². The molecule has 0 saturated carbocycles. The minimum absolute atomic E-state index is 0.0291. The Balaban J connectivity index is 1.79.